The number of carboxylic acids is 1. The summed E-state index contributed by atoms with van der Waals surface area (Å²) in [5.74, 6) is -6.92. The van der Waals surface area contributed by atoms with Crippen molar-refractivity contribution in [1.82, 2.24) is 36.8 Å². The first kappa shape index (κ1) is 41.4. The third-order valence-electron chi connectivity index (χ3n) is 7.14. The van der Waals surface area contributed by atoms with E-state index in [1.165, 1.54) is 34.6 Å². The fourth-order valence-corrected chi connectivity index (χ4v) is 4.28. The molecule has 1 rings (SSSR count). The number of carboxylic acid groups (broad SMARTS) is 1. The van der Waals surface area contributed by atoms with Crippen LogP contribution in [0.5, 0.6) is 0 Å². The van der Waals surface area contributed by atoms with E-state index in [9.17, 15) is 38.4 Å². The SMILES string of the molecule is C[C@H](N)C(=O)N[C@@H](C)C(=O)N[C@@H](CN=[N+]=[N-])C(=O)N[C@@H](C)C(=O)N[C@@H](C)C(=O)N[C@@H](CN=[N+]=[N-])C(=O)N1CCCC1C(=O)N[C@@H](C)C(=O)O. The van der Waals surface area contributed by atoms with Crippen LogP contribution in [0.2, 0.25) is 0 Å². The van der Waals surface area contributed by atoms with Gasteiger partial charge in [-0.15, -0.1) is 0 Å². The Balaban J connectivity index is 2.91. The normalized spacial score (nSPS) is 17.8. The number of hydrogen-bond donors (Lipinski definition) is 8. The molecule has 1 fully saturated rings. The third-order valence-corrected chi connectivity index (χ3v) is 7.14. The predicted octanol–water partition coefficient (Wildman–Crippen LogP) is -2.98. The molecule has 0 saturated carbocycles. The van der Waals surface area contributed by atoms with Crippen LogP contribution in [0.25, 0.3) is 20.9 Å². The second-order valence-electron chi connectivity index (χ2n) is 11.2. The van der Waals surface area contributed by atoms with Gasteiger partial charge in [-0.25, -0.2) is 0 Å². The lowest BCUT2D eigenvalue weighted by atomic mass is 10.1. The van der Waals surface area contributed by atoms with Crippen LogP contribution in [0.1, 0.15) is 47.5 Å². The maximum Gasteiger partial charge on any atom is 0.325 e. The Morgan fingerprint density at radius 2 is 1.16 bits per heavy atom. The Morgan fingerprint density at radius 3 is 1.65 bits per heavy atom. The minimum Gasteiger partial charge on any atom is -0.480 e. The zero-order chi connectivity index (χ0) is 37.4. The number of hydrogen-bond acceptors (Lipinski definition) is 11. The highest BCUT2D eigenvalue weighted by Crippen LogP contribution is 2.19. The van der Waals surface area contributed by atoms with E-state index in [1.807, 2.05) is 0 Å². The Kier molecular flexibility index (Phi) is 16.8. The molecule has 270 valence electrons. The van der Waals surface area contributed by atoms with E-state index in [1.54, 1.807) is 0 Å². The summed E-state index contributed by atoms with van der Waals surface area (Å²) in [7, 11) is 0. The average Bonchev–Trinajstić information content (AvgIpc) is 3.54. The number of nitrogens with two attached hydrogens (primary N) is 1. The second-order valence-corrected chi connectivity index (χ2v) is 11.2. The summed E-state index contributed by atoms with van der Waals surface area (Å²) in [5, 5.41) is 29.7. The molecule has 0 aromatic heterocycles. The smallest absolute Gasteiger partial charge is 0.325 e. The number of nitrogens with zero attached hydrogens (tertiary/aromatic N) is 7. The van der Waals surface area contributed by atoms with Gasteiger partial charge in [-0.05, 0) is 58.5 Å². The first-order valence-corrected chi connectivity index (χ1v) is 15.1. The predicted molar refractivity (Wildman–Crippen MR) is 168 cm³/mol. The number of carbonyl (C=O) groups is 8. The summed E-state index contributed by atoms with van der Waals surface area (Å²) < 4.78 is 0. The Bertz CT molecular complexity index is 1380. The lowest BCUT2D eigenvalue weighted by molar-refractivity contribution is -0.144. The van der Waals surface area contributed by atoms with E-state index in [2.05, 4.69) is 52.0 Å². The first-order chi connectivity index (χ1) is 22.9. The van der Waals surface area contributed by atoms with Crippen molar-refractivity contribution in [3.05, 3.63) is 20.9 Å². The van der Waals surface area contributed by atoms with Crippen LogP contribution >= 0.6 is 0 Å². The van der Waals surface area contributed by atoms with Crippen molar-refractivity contribution < 1.29 is 43.5 Å². The minimum atomic E-state index is -1.45. The zero-order valence-corrected chi connectivity index (χ0v) is 27.6. The maximum atomic E-state index is 13.3. The molecule has 1 unspecified atom stereocenters. The van der Waals surface area contributed by atoms with Crippen LogP contribution < -0.4 is 37.6 Å². The highest BCUT2D eigenvalue weighted by atomic mass is 16.4. The first-order valence-electron chi connectivity index (χ1n) is 15.1. The summed E-state index contributed by atoms with van der Waals surface area (Å²) in [6, 6.07) is -9.81. The molecule has 49 heavy (non-hydrogen) atoms. The van der Waals surface area contributed by atoms with E-state index in [4.69, 9.17) is 21.9 Å². The van der Waals surface area contributed by atoms with Crippen molar-refractivity contribution in [2.75, 3.05) is 19.6 Å². The largest absolute Gasteiger partial charge is 0.480 e. The second kappa shape index (κ2) is 19.9. The molecule has 23 nitrogen and oxygen atoms in total. The summed E-state index contributed by atoms with van der Waals surface area (Å²) in [4.78, 5) is 106. The van der Waals surface area contributed by atoms with Gasteiger partial charge in [0, 0.05) is 16.4 Å². The zero-order valence-electron chi connectivity index (χ0n) is 27.6. The lowest BCUT2D eigenvalue weighted by Crippen LogP contribution is -2.59. The molecule has 23 heteroatoms. The van der Waals surface area contributed by atoms with Gasteiger partial charge in [0.2, 0.25) is 41.4 Å². The highest BCUT2D eigenvalue weighted by Gasteiger charge is 2.39. The number of carbonyl (C=O) groups excluding carboxylic acids is 7. The number of likely N-dealkylation sites (tertiary alicyclic amines) is 1. The maximum absolute atomic E-state index is 13.3. The average molecular weight is 695 g/mol. The van der Waals surface area contributed by atoms with Crippen molar-refractivity contribution >= 4 is 47.3 Å². The quantitative estimate of drug-likeness (QED) is 0.0409. The molecule has 9 N–H and O–H groups in total. The highest BCUT2D eigenvalue weighted by molar-refractivity contribution is 5.97. The number of amides is 7. The molecular formula is C26H42N14O9. The fourth-order valence-electron chi connectivity index (χ4n) is 4.28. The van der Waals surface area contributed by atoms with E-state index >= 15 is 0 Å². The van der Waals surface area contributed by atoms with Gasteiger partial charge in [-0.3, -0.25) is 38.4 Å². The molecule has 1 saturated heterocycles. The Labute approximate surface area is 280 Å². The minimum absolute atomic E-state index is 0.103. The van der Waals surface area contributed by atoms with Crippen LogP contribution in [0.15, 0.2) is 10.2 Å². The van der Waals surface area contributed by atoms with Crippen LogP contribution in [-0.4, -0.2) is 125 Å². The number of azide groups is 2. The van der Waals surface area contributed by atoms with Crippen LogP contribution in [0.4, 0.5) is 0 Å². The van der Waals surface area contributed by atoms with Crippen molar-refractivity contribution in [1.29, 1.82) is 0 Å². The van der Waals surface area contributed by atoms with E-state index in [-0.39, 0.29) is 13.0 Å². The third kappa shape index (κ3) is 13.2. The van der Waals surface area contributed by atoms with Crippen molar-refractivity contribution in [3.63, 3.8) is 0 Å². The monoisotopic (exact) mass is 694 g/mol. The molecule has 1 heterocycles. The molecule has 0 aromatic rings. The topological polar surface area (TPSA) is 356 Å². The van der Waals surface area contributed by atoms with Gasteiger partial charge in [0.15, 0.2) is 0 Å². The molecule has 0 bridgehead atoms. The van der Waals surface area contributed by atoms with Gasteiger partial charge in [0.05, 0.1) is 19.1 Å². The fraction of sp³-hybridized carbons (Fsp3) is 0.692. The summed E-state index contributed by atoms with van der Waals surface area (Å²) >= 11 is 0. The number of rotatable bonds is 18. The van der Waals surface area contributed by atoms with Gasteiger partial charge < -0.3 is 47.6 Å². The van der Waals surface area contributed by atoms with Gasteiger partial charge in [-0.2, -0.15) is 0 Å². The van der Waals surface area contributed by atoms with Gasteiger partial charge >= 0.3 is 5.97 Å². The number of nitrogens with one attached hydrogen (secondary N) is 6. The van der Waals surface area contributed by atoms with E-state index in [0.717, 1.165) is 4.90 Å². The van der Waals surface area contributed by atoms with E-state index in [0.29, 0.717) is 6.42 Å². The molecule has 0 aromatic carbocycles. The molecule has 1 aliphatic rings. The van der Waals surface area contributed by atoms with Crippen molar-refractivity contribution in [2.24, 2.45) is 16.0 Å². The molecule has 0 spiro atoms. The summed E-state index contributed by atoms with van der Waals surface area (Å²) in [6.45, 7) is 5.51. The van der Waals surface area contributed by atoms with Crippen LogP contribution in [0.3, 0.4) is 0 Å². The van der Waals surface area contributed by atoms with E-state index < -0.39 is 109 Å². The molecule has 7 amide bonds. The van der Waals surface area contributed by atoms with Crippen molar-refractivity contribution in [2.45, 2.75) is 95.8 Å². The molecule has 1 aliphatic heterocycles. The van der Waals surface area contributed by atoms with Crippen LogP contribution in [-0.2, 0) is 38.4 Å². The molecule has 0 aliphatic carbocycles. The van der Waals surface area contributed by atoms with Gasteiger partial charge in [-0.1, -0.05) is 10.2 Å². The Morgan fingerprint density at radius 1 is 0.714 bits per heavy atom. The standard InChI is InChI=1S/C26H42N14O9/c1-11(27)19(41)32-13(3)21(43)36-16(9-30-38-28)23(45)34-12(2)20(42)33-14(4)22(44)37-17(10-31-39-29)25(47)40-8-6-7-18(40)24(46)35-15(5)26(48)49/h11-18H,6-10,27H2,1-5H3,(H,32,41)(H,33,42)(H,34,45)(H,35,46)(H,36,43)(H,37,44)(H,48,49)/t11-,12-,13-,14-,15-,16-,17-,18?/m0/s1. The Hall–Kier alpha value is -5.66. The molecule has 0 radical (unpaired) electrons. The molecular weight excluding hydrogens is 652 g/mol. The van der Waals surface area contributed by atoms with Crippen molar-refractivity contribution in [3.8, 4) is 0 Å². The lowest BCUT2D eigenvalue weighted by Gasteiger charge is -2.29. The van der Waals surface area contributed by atoms with Gasteiger partial charge in [0.25, 0.3) is 0 Å². The summed E-state index contributed by atoms with van der Waals surface area (Å²) in [5.41, 5.74) is 23.0. The number of aliphatic carboxylic acids is 1. The summed E-state index contributed by atoms with van der Waals surface area (Å²) in [6.07, 6.45) is 0.624. The molecule has 8 atom stereocenters. The van der Waals surface area contributed by atoms with Gasteiger partial charge in [0.1, 0.15) is 42.3 Å². The van der Waals surface area contributed by atoms with Crippen LogP contribution in [0, 0.1) is 0 Å².